The van der Waals surface area contributed by atoms with Crippen LogP contribution in [0.1, 0.15) is 33.7 Å². The van der Waals surface area contributed by atoms with Crippen LogP contribution in [0.15, 0.2) is 60.8 Å². The van der Waals surface area contributed by atoms with Crippen molar-refractivity contribution >= 4 is 28.3 Å². The first-order valence-corrected chi connectivity index (χ1v) is 8.77. The number of likely N-dealkylation sites (tertiary alicyclic amines) is 1. The average molecular weight is 345 g/mol. The van der Waals surface area contributed by atoms with Crippen molar-refractivity contribution in [1.82, 2.24) is 9.88 Å². The van der Waals surface area contributed by atoms with E-state index < -0.39 is 0 Å². The maximum Gasteiger partial charge on any atom is 0.274 e. The van der Waals surface area contributed by atoms with Gasteiger partial charge in [-0.1, -0.05) is 24.3 Å². The number of amides is 2. The van der Waals surface area contributed by atoms with E-state index in [1.807, 2.05) is 35.2 Å². The predicted octanol–water partition coefficient (Wildman–Crippen LogP) is 3.72. The monoisotopic (exact) mass is 345 g/mol. The first-order valence-electron chi connectivity index (χ1n) is 8.77. The number of carbonyl (C=O) groups excluding carboxylic acids is 2. The molecule has 1 aliphatic rings. The van der Waals surface area contributed by atoms with E-state index in [1.54, 1.807) is 30.5 Å². The molecule has 2 aromatic carbocycles. The second-order valence-corrected chi connectivity index (χ2v) is 6.41. The molecule has 3 aromatic rings. The Morgan fingerprint density at radius 2 is 1.65 bits per heavy atom. The number of benzene rings is 2. The van der Waals surface area contributed by atoms with E-state index in [0.717, 1.165) is 36.7 Å². The number of hydrogen-bond donors (Lipinski definition) is 1. The van der Waals surface area contributed by atoms with Gasteiger partial charge in [0.1, 0.15) is 5.69 Å². The van der Waals surface area contributed by atoms with Crippen molar-refractivity contribution in [3.8, 4) is 0 Å². The summed E-state index contributed by atoms with van der Waals surface area (Å²) < 4.78 is 0. The number of aromatic nitrogens is 1. The van der Waals surface area contributed by atoms with Crippen LogP contribution in [0.25, 0.3) is 10.8 Å². The highest BCUT2D eigenvalue weighted by Crippen LogP contribution is 2.19. The second kappa shape index (κ2) is 6.96. The van der Waals surface area contributed by atoms with Crippen molar-refractivity contribution in [3.05, 3.63) is 72.1 Å². The Labute approximate surface area is 151 Å². The summed E-state index contributed by atoms with van der Waals surface area (Å²) in [7, 11) is 0. The first-order chi connectivity index (χ1) is 12.7. The minimum atomic E-state index is -0.264. The van der Waals surface area contributed by atoms with Crippen molar-refractivity contribution in [2.75, 3.05) is 18.4 Å². The normalized spacial score (nSPS) is 13.8. The highest BCUT2D eigenvalue weighted by atomic mass is 16.2. The molecule has 0 radical (unpaired) electrons. The van der Waals surface area contributed by atoms with E-state index in [2.05, 4.69) is 10.3 Å². The maximum atomic E-state index is 12.6. The molecule has 1 fully saturated rings. The largest absolute Gasteiger partial charge is 0.339 e. The van der Waals surface area contributed by atoms with Gasteiger partial charge in [-0.2, -0.15) is 0 Å². The van der Waals surface area contributed by atoms with E-state index in [0.29, 0.717) is 16.9 Å². The van der Waals surface area contributed by atoms with Crippen LogP contribution in [0.4, 0.5) is 5.69 Å². The zero-order valence-electron chi connectivity index (χ0n) is 14.3. The number of nitrogens with zero attached hydrogens (tertiary/aromatic N) is 2. The molecule has 2 amide bonds. The second-order valence-electron chi connectivity index (χ2n) is 6.41. The fourth-order valence-corrected chi connectivity index (χ4v) is 3.29. The molecule has 0 spiro atoms. The smallest absolute Gasteiger partial charge is 0.274 e. The van der Waals surface area contributed by atoms with E-state index in [4.69, 9.17) is 0 Å². The Balaban J connectivity index is 1.51. The number of rotatable bonds is 3. The van der Waals surface area contributed by atoms with Gasteiger partial charge in [-0.15, -0.1) is 0 Å². The van der Waals surface area contributed by atoms with Gasteiger partial charge in [0.15, 0.2) is 0 Å². The molecule has 0 bridgehead atoms. The summed E-state index contributed by atoms with van der Waals surface area (Å²) >= 11 is 0. The zero-order valence-corrected chi connectivity index (χ0v) is 14.3. The number of carbonyl (C=O) groups is 2. The third-order valence-electron chi connectivity index (χ3n) is 4.67. The Hall–Kier alpha value is -3.21. The van der Waals surface area contributed by atoms with Gasteiger partial charge in [0.2, 0.25) is 0 Å². The average Bonchev–Trinajstić information content (AvgIpc) is 3.22. The number of hydrogen-bond acceptors (Lipinski definition) is 3. The molecular formula is C21H19N3O2. The van der Waals surface area contributed by atoms with Crippen molar-refractivity contribution in [2.24, 2.45) is 0 Å². The molecule has 26 heavy (non-hydrogen) atoms. The van der Waals surface area contributed by atoms with Gasteiger partial charge in [0.05, 0.1) is 0 Å². The summed E-state index contributed by atoms with van der Waals surface area (Å²) in [5.74, 6) is -0.212. The predicted molar refractivity (Wildman–Crippen MR) is 101 cm³/mol. The molecule has 1 N–H and O–H groups in total. The number of pyridine rings is 1. The van der Waals surface area contributed by atoms with Crippen LogP contribution in [0.5, 0.6) is 0 Å². The summed E-state index contributed by atoms with van der Waals surface area (Å²) in [5, 5.41) is 4.64. The summed E-state index contributed by atoms with van der Waals surface area (Å²) in [6.07, 6.45) is 3.77. The Kier molecular flexibility index (Phi) is 4.35. The van der Waals surface area contributed by atoms with Crippen LogP contribution in [0.3, 0.4) is 0 Å². The quantitative estimate of drug-likeness (QED) is 0.787. The lowest BCUT2D eigenvalue weighted by molar-refractivity contribution is 0.0792. The lowest BCUT2D eigenvalue weighted by atomic mass is 10.1. The summed E-state index contributed by atoms with van der Waals surface area (Å²) in [4.78, 5) is 31.1. The molecular weight excluding hydrogens is 326 g/mol. The Morgan fingerprint density at radius 3 is 2.42 bits per heavy atom. The van der Waals surface area contributed by atoms with Crippen LogP contribution < -0.4 is 5.32 Å². The molecule has 1 saturated heterocycles. The van der Waals surface area contributed by atoms with Gasteiger partial charge in [-0.05, 0) is 48.6 Å². The third kappa shape index (κ3) is 3.16. The molecule has 0 atom stereocenters. The number of anilines is 1. The van der Waals surface area contributed by atoms with E-state index in [-0.39, 0.29) is 11.8 Å². The molecule has 4 rings (SSSR count). The first kappa shape index (κ1) is 16.3. The van der Waals surface area contributed by atoms with E-state index >= 15 is 0 Å². The Morgan fingerprint density at radius 1 is 0.923 bits per heavy atom. The standard InChI is InChI=1S/C21H19N3O2/c25-20(19-18-6-2-1-5-15(18)11-12-22-19)23-17-9-7-16(8-10-17)21(26)24-13-3-4-14-24/h1-2,5-12H,3-4,13-14H2,(H,23,25). The van der Waals surface area contributed by atoms with Gasteiger partial charge in [0.25, 0.3) is 11.8 Å². The third-order valence-corrected chi connectivity index (χ3v) is 4.67. The van der Waals surface area contributed by atoms with Crippen molar-refractivity contribution in [3.63, 3.8) is 0 Å². The zero-order chi connectivity index (χ0) is 17.9. The fraction of sp³-hybridized carbons (Fsp3) is 0.190. The molecule has 130 valence electrons. The molecule has 5 nitrogen and oxygen atoms in total. The highest BCUT2D eigenvalue weighted by Gasteiger charge is 2.19. The minimum absolute atomic E-state index is 0.0519. The summed E-state index contributed by atoms with van der Waals surface area (Å²) in [5.41, 5.74) is 1.68. The number of fused-ring (bicyclic) bond motifs is 1. The van der Waals surface area contributed by atoms with E-state index in [1.165, 1.54) is 0 Å². The molecule has 0 saturated carbocycles. The highest BCUT2D eigenvalue weighted by molar-refractivity contribution is 6.11. The van der Waals surface area contributed by atoms with Crippen LogP contribution >= 0.6 is 0 Å². The van der Waals surface area contributed by atoms with Crippen LogP contribution in [-0.4, -0.2) is 34.8 Å². The summed E-state index contributed by atoms with van der Waals surface area (Å²) in [6.45, 7) is 1.65. The van der Waals surface area contributed by atoms with Gasteiger partial charge < -0.3 is 10.2 Å². The summed E-state index contributed by atoms with van der Waals surface area (Å²) in [6, 6.07) is 16.6. The maximum absolute atomic E-state index is 12.6. The molecule has 5 heteroatoms. The molecule has 1 aliphatic heterocycles. The van der Waals surface area contributed by atoms with Gasteiger partial charge in [-0.25, -0.2) is 0 Å². The topological polar surface area (TPSA) is 62.3 Å². The van der Waals surface area contributed by atoms with Crippen LogP contribution in [0.2, 0.25) is 0 Å². The van der Waals surface area contributed by atoms with E-state index in [9.17, 15) is 9.59 Å². The number of nitrogens with one attached hydrogen (secondary N) is 1. The molecule has 2 heterocycles. The lowest BCUT2D eigenvalue weighted by Gasteiger charge is -2.15. The lowest BCUT2D eigenvalue weighted by Crippen LogP contribution is -2.27. The van der Waals surface area contributed by atoms with Crippen molar-refractivity contribution < 1.29 is 9.59 Å². The van der Waals surface area contributed by atoms with Gasteiger partial charge in [0, 0.05) is 35.9 Å². The van der Waals surface area contributed by atoms with Crippen LogP contribution in [0, 0.1) is 0 Å². The SMILES string of the molecule is O=C(Nc1ccc(C(=O)N2CCCC2)cc1)c1nccc2ccccc12. The Bertz CT molecular complexity index is 955. The molecule has 0 unspecified atom stereocenters. The van der Waals surface area contributed by atoms with Crippen LogP contribution in [-0.2, 0) is 0 Å². The fourth-order valence-electron chi connectivity index (χ4n) is 3.29. The van der Waals surface area contributed by atoms with Crippen molar-refractivity contribution in [2.45, 2.75) is 12.8 Å². The van der Waals surface area contributed by atoms with Gasteiger partial charge in [-0.3, -0.25) is 14.6 Å². The molecule has 0 aliphatic carbocycles. The van der Waals surface area contributed by atoms with Crippen molar-refractivity contribution in [1.29, 1.82) is 0 Å². The molecule has 1 aromatic heterocycles. The minimum Gasteiger partial charge on any atom is -0.339 e. The van der Waals surface area contributed by atoms with Gasteiger partial charge >= 0.3 is 0 Å².